The van der Waals surface area contributed by atoms with E-state index in [0.717, 1.165) is 70.6 Å². The van der Waals surface area contributed by atoms with Crippen LogP contribution in [0, 0.1) is 50.2 Å². The first-order chi connectivity index (χ1) is 23.0. The monoisotopic (exact) mass is 673 g/mol. The predicted molar refractivity (Wildman–Crippen MR) is 194 cm³/mol. The van der Waals surface area contributed by atoms with Crippen molar-refractivity contribution in [3.05, 3.63) is 47.5 Å². The van der Waals surface area contributed by atoms with Gasteiger partial charge in [0.15, 0.2) is 0 Å². The molecule has 2 N–H and O–H groups in total. The molecule has 4 fully saturated rings. The highest BCUT2D eigenvalue weighted by atomic mass is 16.5. The summed E-state index contributed by atoms with van der Waals surface area (Å²) in [4.78, 5) is 38.4. The van der Waals surface area contributed by atoms with Crippen molar-refractivity contribution in [3.8, 4) is 0 Å². The van der Waals surface area contributed by atoms with E-state index < -0.39 is 5.97 Å². The first kappa shape index (κ1) is 36.2. The number of carboxylic acid groups (broad SMARTS) is 1. The minimum Gasteiger partial charge on any atom is -0.481 e. The van der Waals surface area contributed by atoms with Crippen LogP contribution < -0.4 is 5.32 Å². The van der Waals surface area contributed by atoms with Crippen molar-refractivity contribution in [1.82, 2.24) is 5.32 Å². The number of esters is 1. The van der Waals surface area contributed by atoms with Crippen LogP contribution in [0.2, 0.25) is 0 Å². The third-order valence-corrected chi connectivity index (χ3v) is 15.6. The van der Waals surface area contributed by atoms with Gasteiger partial charge < -0.3 is 15.2 Å². The largest absolute Gasteiger partial charge is 0.481 e. The zero-order valence-corrected chi connectivity index (χ0v) is 31.5. The quantitative estimate of drug-likeness (QED) is 0.155. The van der Waals surface area contributed by atoms with Crippen LogP contribution in [0.15, 0.2) is 42.0 Å². The number of unbranched alkanes of at least 4 members (excludes halogenated alkanes) is 2. The van der Waals surface area contributed by atoms with Crippen LogP contribution in [0.5, 0.6) is 0 Å². The number of fused-ring (bicyclic) bond motifs is 7. The number of hydrogen-bond donors (Lipinski definition) is 2. The third kappa shape index (κ3) is 5.99. The number of aliphatic carboxylic acids is 1. The van der Waals surface area contributed by atoms with Gasteiger partial charge in [0.25, 0.3) is 0 Å². The first-order valence-electron chi connectivity index (χ1n) is 19.5. The lowest BCUT2D eigenvalue weighted by atomic mass is 9.33. The van der Waals surface area contributed by atoms with Gasteiger partial charge in [-0.25, -0.2) is 4.79 Å². The average molecular weight is 674 g/mol. The predicted octanol–water partition coefficient (Wildman–Crippen LogP) is 9.77. The molecular formula is C43H63NO5. The summed E-state index contributed by atoms with van der Waals surface area (Å²) in [7, 11) is 0. The Hall–Kier alpha value is -2.63. The molecular weight excluding hydrogens is 610 g/mol. The maximum Gasteiger partial charge on any atom is 0.338 e. The molecule has 0 spiro atoms. The van der Waals surface area contributed by atoms with E-state index in [1.165, 1.54) is 6.42 Å². The maximum absolute atomic E-state index is 14.3. The Kier molecular flexibility index (Phi) is 9.49. The molecule has 0 bridgehead atoms. The van der Waals surface area contributed by atoms with Crippen LogP contribution in [0.3, 0.4) is 0 Å². The molecule has 6 nitrogen and oxygen atoms in total. The molecule has 0 heterocycles. The van der Waals surface area contributed by atoms with Crippen LogP contribution in [-0.4, -0.2) is 35.6 Å². The van der Waals surface area contributed by atoms with E-state index in [4.69, 9.17) is 9.84 Å². The molecule has 1 aromatic carbocycles. The summed E-state index contributed by atoms with van der Waals surface area (Å²) in [6.07, 6.45) is 15.5. The molecule has 0 saturated heterocycles. The van der Waals surface area contributed by atoms with Crippen molar-refractivity contribution in [2.75, 3.05) is 6.54 Å². The van der Waals surface area contributed by atoms with Crippen molar-refractivity contribution < 1.29 is 24.2 Å². The van der Waals surface area contributed by atoms with Crippen molar-refractivity contribution in [1.29, 1.82) is 0 Å². The van der Waals surface area contributed by atoms with Gasteiger partial charge in [0.2, 0.25) is 5.91 Å². The summed E-state index contributed by atoms with van der Waals surface area (Å²) in [6.45, 7) is 17.9. The lowest BCUT2D eigenvalue weighted by Gasteiger charge is -2.71. The number of carbonyl (C=O) groups is 3. The molecule has 0 radical (unpaired) electrons. The molecule has 6 rings (SSSR count). The highest BCUT2D eigenvalue weighted by molar-refractivity contribution is 5.89. The number of carbonyl (C=O) groups excluding carboxylic acids is 2. The van der Waals surface area contributed by atoms with Crippen LogP contribution in [0.25, 0.3) is 0 Å². The SMILES string of the molecule is CC1(C)CC[C@]2(C(=O)NCCCCCC(=O)O)CC[C@]3(C)C(=CC[C@@H]4[C@@]5(C)CC[C@H](OC(=O)c6ccccc6)C(C)(C)[C@@H]5CC[C@]43C)[C@@H]2C1. The van der Waals surface area contributed by atoms with Crippen LogP contribution >= 0.6 is 0 Å². The molecule has 4 saturated carbocycles. The number of ether oxygens (including phenoxy) is 1. The van der Waals surface area contributed by atoms with Gasteiger partial charge >= 0.3 is 11.9 Å². The van der Waals surface area contributed by atoms with Gasteiger partial charge in [0, 0.05) is 18.4 Å². The Labute approximate surface area is 295 Å². The van der Waals surface area contributed by atoms with Crippen molar-refractivity contribution in [2.24, 2.45) is 50.2 Å². The number of carboxylic acids is 1. The van der Waals surface area contributed by atoms with Crippen LogP contribution in [-0.2, 0) is 14.3 Å². The Morgan fingerprint density at radius 1 is 0.837 bits per heavy atom. The fourth-order valence-electron chi connectivity index (χ4n) is 12.6. The van der Waals surface area contributed by atoms with Gasteiger partial charge in [-0.3, -0.25) is 9.59 Å². The fourth-order valence-corrected chi connectivity index (χ4v) is 12.6. The molecule has 5 aliphatic carbocycles. The third-order valence-electron chi connectivity index (χ3n) is 15.6. The second-order valence-electron chi connectivity index (χ2n) is 19.0. The normalized spacial score (nSPS) is 38.8. The number of allylic oxidation sites excluding steroid dienone is 2. The van der Waals surface area contributed by atoms with Gasteiger partial charge in [0.1, 0.15) is 6.10 Å². The molecule has 0 aromatic heterocycles. The van der Waals surface area contributed by atoms with Gasteiger partial charge in [-0.1, -0.05) is 84.7 Å². The average Bonchev–Trinajstić information content (AvgIpc) is 3.04. The number of benzene rings is 1. The van der Waals surface area contributed by atoms with E-state index >= 15 is 0 Å². The van der Waals surface area contributed by atoms with E-state index in [-0.39, 0.29) is 62.8 Å². The zero-order valence-electron chi connectivity index (χ0n) is 31.5. The molecule has 1 amide bonds. The van der Waals surface area contributed by atoms with E-state index in [0.29, 0.717) is 30.4 Å². The molecule has 0 unspecified atom stereocenters. The molecule has 49 heavy (non-hydrogen) atoms. The summed E-state index contributed by atoms with van der Waals surface area (Å²) in [6, 6.07) is 9.43. The van der Waals surface area contributed by atoms with Gasteiger partial charge in [-0.2, -0.15) is 0 Å². The minimum absolute atomic E-state index is 0.0450. The van der Waals surface area contributed by atoms with Crippen molar-refractivity contribution >= 4 is 17.8 Å². The first-order valence-corrected chi connectivity index (χ1v) is 19.5. The molecule has 8 atom stereocenters. The van der Waals surface area contributed by atoms with Crippen molar-refractivity contribution in [2.45, 2.75) is 144 Å². The summed E-state index contributed by atoms with van der Waals surface area (Å²) in [5.41, 5.74) is 2.27. The van der Waals surface area contributed by atoms with Gasteiger partial charge in [0.05, 0.1) is 11.0 Å². The topological polar surface area (TPSA) is 92.7 Å². The second kappa shape index (κ2) is 12.9. The fraction of sp³-hybridized carbons (Fsp3) is 0.744. The highest BCUT2D eigenvalue weighted by Gasteiger charge is 2.69. The summed E-state index contributed by atoms with van der Waals surface area (Å²) >= 11 is 0. The zero-order chi connectivity index (χ0) is 35.5. The minimum atomic E-state index is -0.749. The molecule has 1 aromatic rings. The number of amides is 1. The van der Waals surface area contributed by atoms with E-state index in [2.05, 4.69) is 59.9 Å². The summed E-state index contributed by atoms with van der Waals surface area (Å²) < 4.78 is 6.31. The Morgan fingerprint density at radius 3 is 2.27 bits per heavy atom. The molecule has 0 aliphatic heterocycles. The lowest BCUT2D eigenvalue weighted by molar-refractivity contribution is -0.204. The van der Waals surface area contributed by atoms with E-state index in [9.17, 15) is 14.4 Å². The van der Waals surface area contributed by atoms with E-state index in [1.807, 2.05) is 30.3 Å². The molecule has 6 heteroatoms. The molecule has 5 aliphatic rings. The second-order valence-corrected chi connectivity index (χ2v) is 19.0. The summed E-state index contributed by atoms with van der Waals surface area (Å²) in [5.74, 6) is 0.555. The standard InChI is InChI=1S/C43H63NO5/c1-38(2)23-25-43(37(48)44-27-13-9-12-16-35(45)46)26-24-41(6)30(31(43)28-38)17-18-33-40(5)21-20-34(49-36(47)29-14-10-8-11-15-29)39(3,4)32(40)19-22-42(33,41)7/h8,10-11,14-15,17,31-34H,9,12-13,16,18-28H2,1-7H3,(H,44,48)(H,45,46)/t31-,32-,33+,34-,40-,41+,42+,43-/m0/s1. The van der Waals surface area contributed by atoms with Crippen LogP contribution in [0.1, 0.15) is 149 Å². The number of hydrogen-bond acceptors (Lipinski definition) is 4. The van der Waals surface area contributed by atoms with E-state index in [1.54, 1.807) is 5.57 Å². The Balaban J connectivity index is 1.24. The van der Waals surface area contributed by atoms with Gasteiger partial charge in [-0.15, -0.1) is 0 Å². The summed E-state index contributed by atoms with van der Waals surface area (Å²) in [5, 5.41) is 12.3. The highest BCUT2D eigenvalue weighted by Crippen LogP contribution is 2.75. The number of rotatable bonds is 9. The smallest absolute Gasteiger partial charge is 0.338 e. The Bertz CT molecular complexity index is 1460. The Morgan fingerprint density at radius 2 is 1.55 bits per heavy atom. The van der Waals surface area contributed by atoms with Gasteiger partial charge in [-0.05, 0) is 129 Å². The lowest BCUT2D eigenvalue weighted by Crippen LogP contribution is -2.65. The van der Waals surface area contributed by atoms with Crippen LogP contribution in [0.4, 0.5) is 0 Å². The number of nitrogens with one attached hydrogen (secondary N) is 1. The van der Waals surface area contributed by atoms with Crippen molar-refractivity contribution in [3.63, 3.8) is 0 Å². The maximum atomic E-state index is 14.3. The molecule has 270 valence electrons.